The molecule has 0 amide bonds. The van der Waals surface area contributed by atoms with E-state index in [9.17, 15) is 14.4 Å². The number of ether oxygens (including phenoxy) is 3. The van der Waals surface area contributed by atoms with Gasteiger partial charge in [-0.25, -0.2) is 9.79 Å². The van der Waals surface area contributed by atoms with Gasteiger partial charge >= 0.3 is 11.9 Å². The van der Waals surface area contributed by atoms with Crippen molar-refractivity contribution in [3.8, 4) is 11.5 Å². The second-order valence-corrected chi connectivity index (χ2v) is 11.1. The zero-order valence-corrected chi connectivity index (χ0v) is 24.2. The van der Waals surface area contributed by atoms with E-state index in [-0.39, 0.29) is 35.2 Å². The first-order valence-corrected chi connectivity index (χ1v) is 13.6. The number of allylic oxidation sites excluding steroid dienone is 1. The number of thiazole rings is 1. The molecule has 0 saturated heterocycles. The number of nitrogens with zero attached hydrogens (tertiary/aromatic N) is 2. The smallest absolute Gasteiger partial charge is 0.338 e. The van der Waals surface area contributed by atoms with Gasteiger partial charge < -0.3 is 14.2 Å². The first kappa shape index (κ1) is 28.6. The molecule has 1 atom stereocenters. The molecule has 1 aliphatic rings. The molecule has 0 N–H and O–H groups in total. The van der Waals surface area contributed by atoms with Crippen LogP contribution < -0.4 is 24.4 Å². The third-order valence-electron chi connectivity index (χ3n) is 5.79. The van der Waals surface area contributed by atoms with Crippen molar-refractivity contribution in [2.45, 2.75) is 33.7 Å². The largest absolute Gasteiger partial charge is 0.493 e. The fourth-order valence-electron chi connectivity index (χ4n) is 4.07. The monoisotopic (exact) mass is 588 g/mol. The van der Waals surface area contributed by atoms with E-state index in [1.165, 1.54) is 29.9 Å². The number of hydrogen-bond donors (Lipinski definition) is 0. The Balaban J connectivity index is 1.93. The Morgan fingerprint density at radius 3 is 2.51 bits per heavy atom. The summed E-state index contributed by atoms with van der Waals surface area (Å²) in [4.78, 5) is 43.7. The summed E-state index contributed by atoms with van der Waals surface area (Å²) in [6.45, 7) is 7.07. The van der Waals surface area contributed by atoms with Crippen LogP contribution in [0.2, 0.25) is 10.0 Å². The molecule has 1 aliphatic heterocycles. The predicted molar refractivity (Wildman–Crippen MR) is 150 cm³/mol. The Hall–Kier alpha value is -3.40. The SMILES string of the molecule is COc1cc([C@@H]2C(C(=O)OCC(C)C)=C(C)N=c3s/c(=C/c4ccc(Cl)c(Cl)c4)c(=O)n32)ccc1OC(C)=O. The Bertz CT molecular complexity index is 1670. The molecule has 204 valence electrons. The molecule has 0 spiro atoms. The molecular weight excluding hydrogens is 563 g/mol. The zero-order valence-electron chi connectivity index (χ0n) is 21.9. The summed E-state index contributed by atoms with van der Waals surface area (Å²) in [6.07, 6.45) is 1.70. The molecule has 39 heavy (non-hydrogen) atoms. The summed E-state index contributed by atoms with van der Waals surface area (Å²) < 4.78 is 18.1. The highest BCUT2D eigenvalue weighted by Crippen LogP contribution is 2.36. The van der Waals surface area contributed by atoms with E-state index in [2.05, 4.69) is 4.99 Å². The molecule has 2 aromatic carbocycles. The molecule has 3 aromatic rings. The minimum Gasteiger partial charge on any atom is -0.493 e. The summed E-state index contributed by atoms with van der Waals surface area (Å²) in [5, 5.41) is 0.767. The van der Waals surface area contributed by atoms with E-state index < -0.39 is 18.0 Å². The van der Waals surface area contributed by atoms with Crippen molar-refractivity contribution >= 4 is 52.6 Å². The molecule has 11 heteroatoms. The first-order valence-electron chi connectivity index (χ1n) is 12.0. The number of aromatic nitrogens is 1. The fourth-order valence-corrected chi connectivity index (χ4v) is 5.42. The minimum absolute atomic E-state index is 0.115. The number of methoxy groups -OCH3 is 1. The Kier molecular flexibility index (Phi) is 8.64. The Labute approximate surface area is 238 Å². The van der Waals surface area contributed by atoms with Crippen LogP contribution in [0.5, 0.6) is 11.5 Å². The molecule has 8 nitrogen and oxygen atoms in total. The number of halogens is 2. The van der Waals surface area contributed by atoms with Crippen LogP contribution in [0.3, 0.4) is 0 Å². The van der Waals surface area contributed by atoms with Crippen LogP contribution in [-0.2, 0) is 14.3 Å². The second kappa shape index (κ2) is 11.8. The van der Waals surface area contributed by atoms with Gasteiger partial charge in [0.15, 0.2) is 16.3 Å². The van der Waals surface area contributed by atoms with E-state index in [4.69, 9.17) is 37.4 Å². The summed E-state index contributed by atoms with van der Waals surface area (Å²) >= 11 is 13.4. The highest BCUT2D eigenvalue weighted by molar-refractivity contribution is 7.07. The van der Waals surface area contributed by atoms with Crippen LogP contribution in [0.25, 0.3) is 6.08 Å². The number of carbonyl (C=O) groups excluding carboxylic acids is 2. The number of fused-ring (bicyclic) bond motifs is 1. The van der Waals surface area contributed by atoms with Gasteiger partial charge in [0.1, 0.15) is 0 Å². The van der Waals surface area contributed by atoms with Gasteiger partial charge in [-0.3, -0.25) is 14.2 Å². The minimum atomic E-state index is -0.864. The van der Waals surface area contributed by atoms with E-state index in [1.54, 1.807) is 49.4 Å². The normalized spacial score (nSPS) is 15.2. The number of esters is 2. The molecule has 4 rings (SSSR count). The maximum atomic E-state index is 13.8. The van der Waals surface area contributed by atoms with Crippen molar-refractivity contribution in [1.29, 1.82) is 0 Å². The van der Waals surface area contributed by atoms with E-state index in [0.29, 0.717) is 36.2 Å². The average molecular weight is 589 g/mol. The van der Waals surface area contributed by atoms with E-state index in [1.807, 2.05) is 13.8 Å². The molecule has 0 aliphatic carbocycles. The molecule has 0 unspecified atom stereocenters. The van der Waals surface area contributed by atoms with E-state index >= 15 is 0 Å². The third kappa shape index (κ3) is 6.11. The van der Waals surface area contributed by atoms with Crippen LogP contribution in [0.15, 0.2) is 57.5 Å². The lowest BCUT2D eigenvalue weighted by molar-refractivity contribution is -0.140. The zero-order chi connectivity index (χ0) is 28.4. The lowest BCUT2D eigenvalue weighted by atomic mass is 9.95. The molecule has 0 bridgehead atoms. The molecule has 1 aromatic heterocycles. The molecule has 0 fully saturated rings. The second-order valence-electron chi connectivity index (χ2n) is 9.25. The summed E-state index contributed by atoms with van der Waals surface area (Å²) in [7, 11) is 1.44. The summed E-state index contributed by atoms with van der Waals surface area (Å²) in [5.41, 5.74) is 1.55. The molecular formula is C28H26Cl2N2O6S. The van der Waals surface area contributed by atoms with Gasteiger partial charge in [-0.1, -0.05) is 60.5 Å². The van der Waals surface area contributed by atoms with Crippen molar-refractivity contribution in [3.05, 3.63) is 88.5 Å². The van der Waals surface area contributed by atoms with Gasteiger partial charge in [0.2, 0.25) is 0 Å². The van der Waals surface area contributed by atoms with Gasteiger partial charge in [0, 0.05) is 6.92 Å². The number of benzene rings is 2. The van der Waals surface area contributed by atoms with E-state index in [0.717, 1.165) is 0 Å². The van der Waals surface area contributed by atoms with Gasteiger partial charge in [-0.15, -0.1) is 0 Å². The van der Waals surface area contributed by atoms with Crippen LogP contribution in [0, 0.1) is 5.92 Å². The van der Waals surface area contributed by atoms with Gasteiger partial charge in [-0.05, 0) is 54.3 Å². The van der Waals surface area contributed by atoms with Crippen molar-refractivity contribution in [2.24, 2.45) is 10.9 Å². The number of carbonyl (C=O) groups is 2. The van der Waals surface area contributed by atoms with Crippen molar-refractivity contribution in [2.75, 3.05) is 13.7 Å². The Morgan fingerprint density at radius 2 is 1.87 bits per heavy atom. The quantitative estimate of drug-likeness (QED) is 0.294. The summed E-state index contributed by atoms with van der Waals surface area (Å²) in [5.74, 6) is -0.485. The molecule has 0 radical (unpaired) electrons. The van der Waals surface area contributed by atoms with Crippen LogP contribution >= 0.6 is 34.5 Å². The van der Waals surface area contributed by atoms with Crippen molar-refractivity contribution in [1.82, 2.24) is 4.57 Å². The average Bonchev–Trinajstić information content (AvgIpc) is 3.18. The first-order chi connectivity index (χ1) is 18.5. The maximum absolute atomic E-state index is 13.8. The predicted octanol–water partition coefficient (Wildman–Crippen LogP) is 4.68. The number of hydrogen-bond acceptors (Lipinski definition) is 8. The van der Waals surface area contributed by atoms with Gasteiger partial charge in [0.05, 0.1) is 45.6 Å². The molecule has 0 saturated carbocycles. The topological polar surface area (TPSA) is 96.2 Å². The van der Waals surface area contributed by atoms with Crippen molar-refractivity contribution in [3.63, 3.8) is 0 Å². The Morgan fingerprint density at radius 1 is 1.13 bits per heavy atom. The highest BCUT2D eigenvalue weighted by atomic mass is 35.5. The summed E-state index contributed by atoms with van der Waals surface area (Å²) in [6, 6.07) is 9.08. The van der Waals surface area contributed by atoms with Gasteiger partial charge in [0.25, 0.3) is 5.56 Å². The van der Waals surface area contributed by atoms with Crippen molar-refractivity contribution < 1.29 is 23.8 Å². The lowest BCUT2D eigenvalue weighted by Crippen LogP contribution is -2.40. The maximum Gasteiger partial charge on any atom is 0.338 e. The highest BCUT2D eigenvalue weighted by Gasteiger charge is 2.34. The van der Waals surface area contributed by atoms with Crippen LogP contribution in [-0.4, -0.2) is 30.2 Å². The van der Waals surface area contributed by atoms with Gasteiger partial charge in [-0.2, -0.15) is 0 Å². The third-order valence-corrected chi connectivity index (χ3v) is 7.51. The number of rotatable bonds is 7. The van der Waals surface area contributed by atoms with Crippen LogP contribution in [0.4, 0.5) is 0 Å². The standard InChI is InChI=1S/C28H26Cl2N2O6S/c1-14(2)13-37-27(35)24-15(3)31-28-32(25(24)18-7-9-21(38-16(4)33)22(12-18)36-5)26(34)23(39-28)11-17-6-8-19(29)20(30)10-17/h6-12,14,25H,13H2,1-5H3/b23-11+/t25-/m1/s1. The lowest BCUT2D eigenvalue weighted by Gasteiger charge is -2.25. The molecule has 2 heterocycles. The fraction of sp³-hybridized carbons (Fsp3) is 0.286. The van der Waals surface area contributed by atoms with Crippen LogP contribution in [0.1, 0.15) is 44.9 Å².